The van der Waals surface area contributed by atoms with E-state index in [9.17, 15) is 8.42 Å². The summed E-state index contributed by atoms with van der Waals surface area (Å²) in [4.78, 5) is 3.65. The summed E-state index contributed by atoms with van der Waals surface area (Å²) in [6.07, 6.45) is 2.21. The molecule has 0 unspecified atom stereocenters. The molecule has 1 aromatic heterocycles. The molecule has 0 aliphatic heterocycles. The number of rotatable bonds is 2. The van der Waals surface area contributed by atoms with E-state index in [-0.39, 0.29) is 34.6 Å². The molecule has 4 nitrogen and oxygen atoms in total. The van der Waals surface area contributed by atoms with Crippen LogP contribution in [0.3, 0.4) is 0 Å². The number of aryl methyl sites for hydroxylation is 1. The molecule has 2 N–H and O–H groups in total. The summed E-state index contributed by atoms with van der Waals surface area (Å²) < 4.78 is 21.6. The molecule has 0 aliphatic carbocycles. The maximum Gasteiger partial charge on any atom is 0.255 e. The van der Waals surface area contributed by atoms with Crippen molar-refractivity contribution in [1.29, 1.82) is 0 Å². The van der Waals surface area contributed by atoms with Gasteiger partial charge < -0.3 is 0 Å². The van der Waals surface area contributed by atoms with Crippen molar-refractivity contribution in [2.75, 3.05) is 0 Å². The fraction of sp³-hybridized carbons (Fsp3) is 0.286. The number of nitrogens with zero attached hydrogens (tertiary/aromatic N) is 1. The minimum Gasteiger partial charge on any atom is -0.243 e. The molecule has 6 heteroatoms. The van der Waals surface area contributed by atoms with Crippen molar-refractivity contribution in [2.45, 2.75) is 18.4 Å². The predicted octanol–water partition coefficient (Wildman–Crippen LogP) is -0.0894. The number of aromatic nitrogens is 1. The van der Waals surface area contributed by atoms with Gasteiger partial charge in [0.25, 0.3) is 10.0 Å². The molecule has 1 heterocycles. The van der Waals surface area contributed by atoms with E-state index in [2.05, 4.69) is 4.98 Å². The van der Waals surface area contributed by atoms with Gasteiger partial charge >= 0.3 is 0 Å². The van der Waals surface area contributed by atoms with E-state index >= 15 is 0 Å². The number of hydrogen-bond donors (Lipinski definition) is 1. The third-order valence-electron chi connectivity index (χ3n) is 1.50. The zero-order valence-corrected chi connectivity index (χ0v) is 10.5. The van der Waals surface area contributed by atoms with Crippen molar-refractivity contribution >= 4 is 39.6 Å². The predicted molar refractivity (Wildman–Crippen MR) is 50.7 cm³/mol. The van der Waals surface area contributed by atoms with Crippen molar-refractivity contribution in [3.63, 3.8) is 0 Å². The van der Waals surface area contributed by atoms with Gasteiger partial charge in [-0.15, -0.1) is 0 Å². The molecule has 0 spiro atoms. The number of primary sulfonamides is 1. The Balaban J connectivity index is 0.00000144. The molecule has 1 radical (unpaired) electrons. The maximum atomic E-state index is 10.8. The summed E-state index contributed by atoms with van der Waals surface area (Å²) in [5, 5.41) is 4.82. The molecule has 1 aromatic rings. The quantitative estimate of drug-likeness (QED) is 0.692. The van der Waals surface area contributed by atoms with Crippen molar-refractivity contribution in [1.82, 2.24) is 4.98 Å². The molecular formula is C7H10N2NaO2S. The topological polar surface area (TPSA) is 73.0 Å². The molecule has 0 saturated heterocycles. The molecule has 0 aliphatic rings. The first kappa shape index (κ1) is 13.1. The summed E-state index contributed by atoms with van der Waals surface area (Å²) in [5.41, 5.74) is 0.911. The maximum absolute atomic E-state index is 10.8. The largest absolute Gasteiger partial charge is 0.255 e. The molecular weight excluding hydrogens is 199 g/mol. The molecule has 0 bridgehead atoms. The van der Waals surface area contributed by atoms with Crippen LogP contribution in [-0.2, 0) is 16.4 Å². The monoisotopic (exact) mass is 209 g/mol. The van der Waals surface area contributed by atoms with Crippen LogP contribution in [0, 0.1) is 0 Å². The van der Waals surface area contributed by atoms with Gasteiger partial charge in [0, 0.05) is 35.8 Å². The fourth-order valence-electron chi connectivity index (χ4n) is 0.826. The van der Waals surface area contributed by atoms with Crippen molar-refractivity contribution in [3.8, 4) is 0 Å². The molecule has 67 valence electrons. The SMILES string of the molecule is CCc1ccnc(S(N)(=O)=O)c1.[Na]. The molecule has 0 atom stereocenters. The minimum absolute atomic E-state index is 0. The van der Waals surface area contributed by atoms with Crippen LogP contribution >= 0.6 is 0 Å². The standard InChI is InChI=1S/C7H10N2O2S.Na/c1-2-6-3-4-9-7(5-6)12(8,10)11;/h3-5H,2H2,1H3,(H2,8,10,11);. The number of sulfonamides is 1. The molecule has 0 aromatic carbocycles. The third-order valence-corrected chi connectivity index (χ3v) is 2.31. The zero-order valence-electron chi connectivity index (χ0n) is 7.69. The van der Waals surface area contributed by atoms with Crippen molar-refractivity contribution in [3.05, 3.63) is 23.9 Å². The molecule has 1 rings (SSSR count). The van der Waals surface area contributed by atoms with E-state index in [1.807, 2.05) is 6.92 Å². The first-order valence-electron chi connectivity index (χ1n) is 3.51. The van der Waals surface area contributed by atoms with E-state index < -0.39 is 10.0 Å². The normalized spacial score (nSPS) is 10.6. The van der Waals surface area contributed by atoms with Crippen LogP contribution < -0.4 is 5.14 Å². The van der Waals surface area contributed by atoms with Crippen LogP contribution in [0.4, 0.5) is 0 Å². The summed E-state index contributed by atoms with van der Waals surface area (Å²) in [5.74, 6) is 0. The van der Waals surface area contributed by atoms with Crippen LogP contribution in [0.2, 0.25) is 0 Å². The van der Waals surface area contributed by atoms with E-state index in [1.165, 1.54) is 12.3 Å². The van der Waals surface area contributed by atoms with E-state index in [0.717, 1.165) is 12.0 Å². The van der Waals surface area contributed by atoms with Gasteiger partial charge in [-0.3, -0.25) is 0 Å². The summed E-state index contributed by atoms with van der Waals surface area (Å²) in [6, 6.07) is 3.24. The number of pyridine rings is 1. The van der Waals surface area contributed by atoms with Crippen LogP contribution in [0.15, 0.2) is 23.4 Å². The Kier molecular flexibility index (Phi) is 5.09. The molecule has 0 amide bonds. The van der Waals surface area contributed by atoms with Crippen LogP contribution in [0.1, 0.15) is 12.5 Å². The Morgan fingerprint density at radius 3 is 2.62 bits per heavy atom. The average molecular weight is 209 g/mol. The first-order valence-corrected chi connectivity index (χ1v) is 5.06. The third kappa shape index (κ3) is 3.74. The second-order valence-corrected chi connectivity index (χ2v) is 3.91. The van der Waals surface area contributed by atoms with Gasteiger partial charge in [0.15, 0.2) is 5.03 Å². The van der Waals surface area contributed by atoms with Gasteiger partial charge in [0.05, 0.1) is 0 Å². The van der Waals surface area contributed by atoms with Crippen LogP contribution in [0.5, 0.6) is 0 Å². The summed E-state index contributed by atoms with van der Waals surface area (Å²) in [6.45, 7) is 1.93. The second-order valence-electron chi connectivity index (χ2n) is 2.40. The van der Waals surface area contributed by atoms with Crippen molar-refractivity contribution < 1.29 is 8.42 Å². The fourth-order valence-corrected chi connectivity index (χ4v) is 1.35. The van der Waals surface area contributed by atoms with E-state index in [0.29, 0.717) is 0 Å². The van der Waals surface area contributed by atoms with Gasteiger partial charge in [-0.25, -0.2) is 18.5 Å². The Hall–Kier alpha value is 0.0600. The summed E-state index contributed by atoms with van der Waals surface area (Å²) >= 11 is 0. The Morgan fingerprint density at radius 2 is 2.15 bits per heavy atom. The second kappa shape index (κ2) is 5.07. The van der Waals surface area contributed by atoms with Gasteiger partial charge in [0.1, 0.15) is 0 Å². The Bertz CT molecular complexity index is 378. The van der Waals surface area contributed by atoms with E-state index in [1.54, 1.807) is 6.07 Å². The van der Waals surface area contributed by atoms with Gasteiger partial charge in [-0.05, 0) is 24.1 Å². The smallest absolute Gasteiger partial charge is 0.243 e. The molecule has 13 heavy (non-hydrogen) atoms. The van der Waals surface area contributed by atoms with Crippen molar-refractivity contribution in [2.24, 2.45) is 5.14 Å². The number of nitrogens with two attached hydrogens (primary N) is 1. The van der Waals surface area contributed by atoms with Crippen LogP contribution in [0.25, 0.3) is 0 Å². The molecule has 0 fully saturated rings. The summed E-state index contributed by atoms with van der Waals surface area (Å²) in [7, 11) is -3.65. The van der Waals surface area contributed by atoms with E-state index in [4.69, 9.17) is 5.14 Å². The van der Waals surface area contributed by atoms with Gasteiger partial charge in [-0.1, -0.05) is 6.92 Å². The first-order chi connectivity index (χ1) is 5.54. The minimum atomic E-state index is -3.65. The van der Waals surface area contributed by atoms with Gasteiger partial charge in [0.2, 0.25) is 0 Å². The zero-order chi connectivity index (χ0) is 9.19. The van der Waals surface area contributed by atoms with Crippen LogP contribution in [-0.4, -0.2) is 43.0 Å². The van der Waals surface area contributed by atoms with Gasteiger partial charge in [-0.2, -0.15) is 0 Å². The number of hydrogen-bond acceptors (Lipinski definition) is 3. The molecule has 0 saturated carbocycles. The Morgan fingerprint density at radius 1 is 1.54 bits per heavy atom. The Labute approximate surface area is 99.9 Å². The average Bonchev–Trinajstić information content (AvgIpc) is 2.03.